The van der Waals surface area contributed by atoms with Gasteiger partial charge in [-0.25, -0.2) is 0 Å². The van der Waals surface area contributed by atoms with Crippen LogP contribution in [0.4, 0.5) is 11.4 Å². The van der Waals surface area contributed by atoms with E-state index in [1.54, 1.807) is 11.9 Å². The first-order valence-corrected chi connectivity index (χ1v) is 8.33. The van der Waals surface area contributed by atoms with Crippen molar-refractivity contribution in [2.24, 2.45) is 0 Å². The van der Waals surface area contributed by atoms with Crippen LogP contribution in [0.1, 0.15) is 23.1 Å². The van der Waals surface area contributed by atoms with E-state index in [0.29, 0.717) is 24.5 Å². The molecule has 0 aromatic heterocycles. The SMILES string of the molecule is Cc1ccc(NC(=O)Cc2ccc3c(c2)N(C)C(=O)CCO3)cc1C. The molecule has 130 valence electrons. The molecule has 2 aromatic rings. The summed E-state index contributed by atoms with van der Waals surface area (Å²) < 4.78 is 5.61. The fourth-order valence-electron chi connectivity index (χ4n) is 2.82. The van der Waals surface area contributed by atoms with Crippen molar-refractivity contribution in [3.63, 3.8) is 0 Å². The van der Waals surface area contributed by atoms with Gasteiger partial charge in [0.1, 0.15) is 5.75 Å². The van der Waals surface area contributed by atoms with Crippen molar-refractivity contribution in [2.45, 2.75) is 26.7 Å². The number of ether oxygens (including phenoxy) is 1. The van der Waals surface area contributed by atoms with E-state index in [4.69, 9.17) is 4.74 Å². The fraction of sp³-hybridized carbons (Fsp3) is 0.300. The molecule has 0 spiro atoms. The predicted octanol–water partition coefficient (Wildman–Crippen LogP) is 3.23. The van der Waals surface area contributed by atoms with Gasteiger partial charge < -0.3 is 15.0 Å². The highest BCUT2D eigenvalue weighted by molar-refractivity contribution is 5.96. The van der Waals surface area contributed by atoms with E-state index in [-0.39, 0.29) is 18.2 Å². The summed E-state index contributed by atoms with van der Waals surface area (Å²) in [4.78, 5) is 25.9. The third kappa shape index (κ3) is 3.82. The molecule has 0 atom stereocenters. The molecule has 0 saturated carbocycles. The van der Waals surface area contributed by atoms with E-state index in [0.717, 1.165) is 16.8 Å². The molecule has 0 bridgehead atoms. The zero-order valence-corrected chi connectivity index (χ0v) is 14.8. The Bertz CT molecular complexity index is 830. The first-order valence-electron chi connectivity index (χ1n) is 8.33. The quantitative estimate of drug-likeness (QED) is 0.935. The summed E-state index contributed by atoms with van der Waals surface area (Å²) in [6.07, 6.45) is 0.593. The lowest BCUT2D eigenvalue weighted by Crippen LogP contribution is -2.25. The van der Waals surface area contributed by atoms with E-state index in [9.17, 15) is 9.59 Å². The number of carbonyl (C=O) groups is 2. The second-order valence-electron chi connectivity index (χ2n) is 6.38. The van der Waals surface area contributed by atoms with Crippen molar-refractivity contribution in [1.29, 1.82) is 0 Å². The maximum absolute atomic E-state index is 12.3. The maximum Gasteiger partial charge on any atom is 0.230 e. The van der Waals surface area contributed by atoms with Crippen LogP contribution in [0.15, 0.2) is 36.4 Å². The first-order chi connectivity index (χ1) is 11.9. The molecule has 0 fully saturated rings. The Morgan fingerprint density at radius 3 is 2.72 bits per heavy atom. The van der Waals surface area contributed by atoms with Crippen LogP contribution in [0.25, 0.3) is 0 Å². The summed E-state index contributed by atoms with van der Waals surface area (Å²) in [5.41, 5.74) is 4.67. The average Bonchev–Trinajstić information content (AvgIpc) is 2.71. The van der Waals surface area contributed by atoms with E-state index >= 15 is 0 Å². The first kappa shape index (κ1) is 17.0. The Hall–Kier alpha value is -2.82. The van der Waals surface area contributed by atoms with Crippen LogP contribution < -0.4 is 15.0 Å². The van der Waals surface area contributed by atoms with E-state index in [1.165, 1.54) is 5.56 Å². The molecule has 3 rings (SSSR count). The van der Waals surface area contributed by atoms with Crippen molar-refractivity contribution in [3.05, 3.63) is 53.1 Å². The predicted molar refractivity (Wildman–Crippen MR) is 98.2 cm³/mol. The summed E-state index contributed by atoms with van der Waals surface area (Å²) >= 11 is 0. The van der Waals surface area contributed by atoms with Gasteiger partial charge in [0.15, 0.2) is 0 Å². The van der Waals surface area contributed by atoms with Gasteiger partial charge >= 0.3 is 0 Å². The lowest BCUT2D eigenvalue weighted by molar-refractivity contribution is -0.118. The molecule has 0 aliphatic carbocycles. The molecule has 1 aliphatic rings. The second-order valence-corrected chi connectivity index (χ2v) is 6.38. The van der Waals surface area contributed by atoms with Gasteiger partial charge in [-0.1, -0.05) is 12.1 Å². The molecule has 0 unspecified atom stereocenters. The van der Waals surface area contributed by atoms with Crippen LogP contribution in [0, 0.1) is 13.8 Å². The highest BCUT2D eigenvalue weighted by atomic mass is 16.5. The summed E-state index contributed by atoms with van der Waals surface area (Å²) in [5, 5.41) is 2.92. The van der Waals surface area contributed by atoms with Gasteiger partial charge in [-0.15, -0.1) is 0 Å². The Morgan fingerprint density at radius 1 is 1.16 bits per heavy atom. The number of anilines is 2. The molecule has 25 heavy (non-hydrogen) atoms. The number of nitrogens with zero attached hydrogens (tertiary/aromatic N) is 1. The third-order valence-corrected chi connectivity index (χ3v) is 4.49. The van der Waals surface area contributed by atoms with E-state index in [1.807, 2.05) is 50.2 Å². The highest BCUT2D eigenvalue weighted by Crippen LogP contribution is 2.31. The Labute approximate surface area is 147 Å². The van der Waals surface area contributed by atoms with Gasteiger partial charge in [0.2, 0.25) is 11.8 Å². The van der Waals surface area contributed by atoms with Crippen molar-refractivity contribution in [3.8, 4) is 5.75 Å². The number of aryl methyl sites for hydroxylation is 2. The second kappa shape index (κ2) is 6.97. The molecule has 2 aromatic carbocycles. The largest absolute Gasteiger partial charge is 0.491 e. The summed E-state index contributed by atoms with van der Waals surface area (Å²) in [6, 6.07) is 11.4. The number of carbonyl (C=O) groups excluding carboxylic acids is 2. The van der Waals surface area contributed by atoms with E-state index in [2.05, 4.69) is 5.32 Å². The number of hydrogen-bond acceptors (Lipinski definition) is 3. The molecule has 0 radical (unpaired) electrons. The van der Waals surface area contributed by atoms with Gasteiger partial charge in [0.25, 0.3) is 0 Å². The van der Waals surface area contributed by atoms with Gasteiger partial charge in [0.05, 0.1) is 25.1 Å². The number of benzene rings is 2. The molecule has 0 saturated heterocycles. The smallest absolute Gasteiger partial charge is 0.230 e. The number of hydrogen-bond donors (Lipinski definition) is 1. The fourth-order valence-corrected chi connectivity index (χ4v) is 2.82. The van der Waals surface area contributed by atoms with Crippen molar-refractivity contribution in [1.82, 2.24) is 0 Å². The van der Waals surface area contributed by atoms with Crippen LogP contribution in [0.2, 0.25) is 0 Å². The monoisotopic (exact) mass is 338 g/mol. The standard InChI is InChI=1S/C20H22N2O3/c1-13-4-6-16(10-14(13)2)21-19(23)12-15-5-7-18-17(11-15)22(3)20(24)8-9-25-18/h4-7,10-11H,8-9,12H2,1-3H3,(H,21,23). The minimum absolute atomic E-state index is 0.00971. The van der Waals surface area contributed by atoms with Crippen LogP contribution >= 0.6 is 0 Å². The molecule has 2 amide bonds. The molecule has 5 heteroatoms. The number of fused-ring (bicyclic) bond motifs is 1. The average molecular weight is 338 g/mol. The number of nitrogens with one attached hydrogen (secondary N) is 1. The molecule has 5 nitrogen and oxygen atoms in total. The van der Waals surface area contributed by atoms with E-state index < -0.39 is 0 Å². The summed E-state index contributed by atoms with van der Waals surface area (Å²) in [5.74, 6) is 0.592. The van der Waals surface area contributed by atoms with Crippen LogP contribution in [-0.2, 0) is 16.0 Å². The van der Waals surface area contributed by atoms with Crippen molar-refractivity contribution >= 4 is 23.2 Å². The minimum Gasteiger partial charge on any atom is -0.491 e. The topological polar surface area (TPSA) is 58.6 Å². The number of amides is 2. The Kier molecular flexibility index (Phi) is 4.74. The lowest BCUT2D eigenvalue weighted by Gasteiger charge is -2.17. The molecule has 1 N–H and O–H groups in total. The van der Waals surface area contributed by atoms with Gasteiger partial charge in [-0.2, -0.15) is 0 Å². The van der Waals surface area contributed by atoms with Gasteiger partial charge in [-0.05, 0) is 54.8 Å². The zero-order valence-electron chi connectivity index (χ0n) is 14.8. The van der Waals surface area contributed by atoms with Crippen LogP contribution in [-0.4, -0.2) is 25.5 Å². The van der Waals surface area contributed by atoms with Crippen molar-refractivity contribution < 1.29 is 14.3 Å². The van der Waals surface area contributed by atoms with Crippen molar-refractivity contribution in [2.75, 3.05) is 23.9 Å². The maximum atomic E-state index is 12.3. The zero-order chi connectivity index (χ0) is 18.0. The van der Waals surface area contributed by atoms with Crippen LogP contribution in [0.5, 0.6) is 5.75 Å². The van der Waals surface area contributed by atoms with Gasteiger partial charge in [-0.3, -0.25) is 9.59 Å². The van der Waals surface area contributed by atoms with Crippen LogP contribution in [0.3, 0.4) is 0 Å². The third-order valence-electron chi connectivity index (χ3n) is 4.49. The Morgan fingerprint density at radius 2 is 1.96 bits per heavy atom. The highest BCUT2D eigenvalue weighted by Gasteiger charge is 2.20. The normalized spacial score (nSPS) is 13.7. The number of rotatable bonds is 3. The summed E-state index contributed by atoms with van der Waals surface area (Å²) in [7, 11) is 1.73. The molecule has 1 heterocycles. The Balaban J connectivity index is 1.74. The molecule has 1 aliphatic heterocycles. The minimum atomic E-state index is -0.0910. The lowest BCUT2D eigenvalue weighted by atomic mass is 10.1. The molecular formula is C20H22N2O3. The van der Waals surface area contributed by atoms with Gasteiger partial charge in [0, 0.05) is 12.7 Å². The molecular weight excluding hydrogens is 316 g/mol. The summed E-state index contributed by atoms with van der Waals surface area (Å²) in [6.45, 7) is 4.43.